The van der Waals surface area contributed by atoms with Gasteiger partial charge in [0.2, 0.25) is 0 Å². The third-order valence-corrected chi connectivity index (χ3v) is 4.02. The van der Waals surface area contributed by atoms with Crippen molar-refractivity contribution in [1.29, 1.82) is 0 Å². The number of anilines is 2. The highest BCUT2D eigenvalue weighted by Gasteiger charge is 2.14. The van der Waals surface area contributed by atoms with Gasteiger partial charge in [0, 0.05) is 47.7 Å². The molecule has 0 spiro atoms. The van der Waals surface area contributed by atoms with E-state index in [2.05, 4.69) is 12.2 Å². The van der Waals surface area contributed by atoms with Gasteiger partial charge in [-0.1, -0.05) is 31.2 Å². The van der Waals surface area contributed by atoms with Crippen molar-refractivity contribution in [3.05, 3.63) is 59.0 Å². The Morgan fingerprint density at radius 2 is 1.83 bits per heavy atom. The van der Waals surface area contributed by atoms with Gasteiger partial charge in [-0.2, -0.15) is 0 Å². The number of rotatable bonds is 4. The number of hydrogen-bond donors (Lipinski definition) is 2. The van der Waals surface area contributed by atoms with Crippen LogP contribution >= 0.6 is 0 Å². The van der Waals surface area contributed by atoms with Crippen LogP contribution in [-0.2, 0) is 7.05 Å². The fourth-order valence-corrected chi connectivity index (χ4v) is 2.89. The monoisotopic (exact) mass is 307 g/mol. The molecule has 3 N–H and O–H groups in total. The quantitative estimate of drug-likeness (QED) is 0.724. The molecule has 0 saturated carbocycles. The van der Waals surface area contributed by atoms with Gasteiger partial charge >= 0.3 is 0 Å². The second kappa shape index (κ2) is 6.16. The van der Waals surface area contributed by atoms with Gasteiger partial charge in [-0.15, -0.1) is 0 Å². The van der Waals surface area contributed by atoms with Gasteiger partial charge in [0.15, 0.2) is 0 Å². The maximum atomic E-state index is 12.4. The van der Waals surface area contributed by atoms with Crippen molar-refractivity contribution in [2.75, 3.05) is 17.6 Å². The molecule has 0 aliphatic heterocycles. The Morgan fingerprint density at radius 1 is 1.09 bits per heavy atom. The lowest BCUT2D eigenvalue weighted by Crippen LogP contribution is -2.17. The molecule has 0 atom stereocenters. The van der Waals surface area contributed by atoms with Gasteiger partial charge in [0.25, 0.3) is 5.56 Å². The summed E-state index contributed by atoms with van der Waals surface area (Å²) in [5.74, 6) is 0. The summed E-state index contributed by atoms with van der Waals surface area (Å²) in [5, 5.41) is 5.06. The Balaban J connectivity index is 2.34. The predicted molar refractivity (Wildman–Crippen MR) is 97.8 cm³/mol. The predicted octanol–water partition coefficient (Wildman–Crippen LogP) is 3.61. The lowest BCUT2D eigenvalue weighted by Gasteiger charge is -2.17. The molecule has 0 bridgehead atoms. The Bertz CT molecular complexity index is 912. The fraction of sp³-hybridized carbons (Fsp3) is 0.211. The summed E-state index contributed by atoms with van der Waals surface area (Å²) >= 11 is 0. The minimum atomic E-state index is 0.00178. The molecule has 4 nitrogen and oxygen atoms in total. The van der Waals surface area contributed by atoms with Crippen molar-refractivity contribution >= 4 is 22.1 Å². The van der Waals surface area contributed by atoms with Crippen LogP contribution in [0.3, 0.4) is 0 Å². The number of pyridine rings is 1. The first-order valence-corrected chi connectivity index (χ1v) is 7.84. The van der Waals surface area contributed by atoms with Crippen LogP contribution < -0.4 is 16.6 Å². The lowest BCUT2D eigenvalue weighted by atomic mass is 9.97. The molecular weight excluding hydrogens is 286 g/mol. The van der Waals surface area contributed by atoms with Crippen LogP contribution in [0.15, 0.2) is 53.5 Å². The molecule has 23 heavy (non-hydrogen) atoms. The molecular formula is C19H21N3O. The summed E-state index contributed by atoms with van der Waals surface area (Å²) in [7, 11) is 1.77. The summed E-state index contributed by atoms with van der Waals surface area (Å²) < 4.78 is 1.62. The minimum Gasteiger partial charge on any atom is -0.398 e. The highest BCUT2D eigenvalue weighted by atomic mass is 16.1. The van der Waals surface area contributed by atoms with Crippen molar-refractivity contribution in [1.82, 2.24) is 4.57 Å². The fourth-order valence-electron chi connectivity index (χ4n) is 2.89. The molecule has 3 rings (SSSR count). The summed E-state index contributed by atoms with van der Waals surface area (Å²) in [5.41, 5.74) is 9.90. The summed E-state index contributed by atoms with van der Waals surface area (Å²) in [4.78, 5) is 12.4. The average molecular weight is 307 g/mol. The molecule has 0 saturated heterocycles. The molecule has 0 aliphatic carbocycles. The molecule has 2 aromatic carbocycles. The molecule has 0 radical (unpaired) electrons. The third-order valence-electron chi connectivity index (χ3n) is 4.02. The number of nitrogens with one attached hydrogen (secondary N) is 1. The maximum Gasteiger partial charge on any atom is 0.258 e. The molecule has 0 fully saturated rings. The smallest absolute Gasteiger partial charge is 0.258 e. The molecule has 0 unspecified atom stereocenters. The number of nitrogens with two attached hydrogens (primary N) is 1. The maximum absolute atomic E-state index is 12.4. The standard InChI is InChI=1S/C19H21N3O/c1-3-11-21-17-10-6-9-16(20)18(17)15-12-22(2)19(23)14-8-5-4-7-13(14)15/h4-10,12,21H,3,11,20H2,1-2H3. The second-order valence-electron chi connectivity index (χ2n) is 5.70. The van der Waals surface area contributed by atoms with Crippen LogP contribution in [0.1, 0.15) is 13.3 Å². The third kappa shape index (κ3) is 2.68. The SMILES string of the molecule is CCCNc1cccc(N)c1-c1cn(C)c(=O)c2ccccc12. The molecule has 3 aromatic rings. The highest BCUT2D eigenvalue weighted by Crippen LogP contribution is 2.36. The summed E-state index contributed by atoms with van der Waals surface area (Å²) in [6, 6.07) is 13.5. The highest BCUT2D eigenvalue weighted by molar-refractivity contribution is 6.02. The molecule has 0 aliphatic rings. The first-order valence-electron chi connectivity index (χ1n) is 7.84. The Labute approximate surface area is 135 Å². The van der Waals surface area contributed by atoms with Crippen molar-refractivity contribution in [2.45, 2.75) is 13.3 Å². The van der Waals surface area contributed by atoms with Crippen LogP contribution in [0.25, 0.3) is 21.9 Å². The van der Waals surface area contributed by atoms with Crippen LogP contribution in [0.2, 0.25) is 0 Å². The van der Waals surface area contributed by atoms with Crippen molar-refractivity contribution in [3.63, 3.8) is 0 Å². The Kier molecular flexibility index (Phi) is 4.06. The zero-order valence-electron chi connectivity index (χ0n) is 13.5. The molecule has 4 heteroatoms. The van der Waals surface area contributed by atoms with E-state index >= 15 is 0 Å². The number of nitrogens with zero attached hydrogens (tertiary/aromatic N) is 1. The first-order chi connectivity index (χ1) is 11.1. The van der Waals surface area contributed by atoms with Crippen LogP contribution in [0, 0.1) is 0 Å². The lowest BCUT2D eigenvalue weighted by molar-refractivity contribution is 0.875. The molecule has 118 valence electrons. The van der Waals surface area contributed by atoms with E-state index in [0.717, 1.165) is 35.2 Å². The Hall–Kier alpha value is -2.75. The normalized spacial score (nSPS) is 10.9. The van der Waals surface area contributed by atoms with Gasteiger partial charge < -0.3 is 15.6 Å². The topological polar surface area (TPSA) is 60.0 Å². The number of benzene rings is 2. The van der Waals surface area contributed by atoms with Gasteiger partial charge in [-0.25, -0.2) is 0 Å². The number of nitrogen functional groups attached to an aromatic ring is 1. The molecule has 1 heterocycles. The van der Waals surface area contributed by atoms with Gasteiger partial charge in [-0.05, 0) is 30.0 Å². The minimum absolute atomic E-state index is 0.00178. The van der Waals surface area contributed by atoms with Gasteiger partial charge in [-0.3, -0.25) is 4.79 Å². The van der Waals surface area contributed by atoms with E-state index in [4.69, 9.17) is 5.73 Å². The number of aromatic nitrogens is 1. The second-order valence-corrected chi connectivity index (χ2v) is 5.70. The van der Waals surface area contributed by atoms with Crippen molar-refractivity contribution < 1.29 is 0 Å². The number of aryl methyl sites for hydroxylation is 1. The van der Waals surface area contributed by atoms with Crippen molar-refractivity contribution in [3.8, 4) is 11.1 Å². The van der Waals surface area contributed by atoms with Gasteiger partial charge in [0.05, 0.1) is 0 Å². The van der Waals surface area contributed by atoms with E-state index in [-0.39, 0.29) is 5.56 Å². The van der Waals surface area contributed by atoms with E-state index in [1.54, 1.807) is 11.6 Å². The van der Waals surface area contributed by atoms with E-state index in [0.29, 0.717) is 11.1 Å². The summed E-state index contributed by atoms with van der Waals surface area (Å²) in [6.45, 7) is 3.00. The summed E-state index contributed by atoms with van der Waals surface area (Å²) in [6.07, 6.45) is 2.90. The molecule has 0 amide bonds. The van der Waals surface area contributed by atoms with Crippen LogP contribution in [0.5, 0.6) is 0 Å². The van der Waals surface area contributed by atoms with Crippen LogP contribution in [-0.4, -0.2) is 11.1 Å². The molecule has 1 aromatic heterocycles. The van der Waals surface area contributed by atoms with E-state index in [1.165, 1.54) is 0 Å². The van der Waals surface area contributed by atoms with Crippen LogP contribution in [0.4, 0.5) is 11.4 Å². The number of hydrogen-bond acceptors (Lipinski definition) is 3. The van der Waals surface area contributed by atoms with E-state index in [9.17, 15) is 4.79 Å². The zero-order valence-corrected chi connectivity index (χ0v) is 13.5. The van der Waals surface area contributed by atoms with E-state index in [1.807, 2.05) is 48.7 Å². The average Bonchev–Trinajstić information content (AvgIpc) is 2.57. The van der Waals surface area contributed by atoms with Gasteiger partial charge in [0.1, 0.15) is 0 Å². The first kappa shape index (κ1) is 15.2. The number of fused-ring (bicyclic) bond motifs is 1. The van der Waals surface area contributed by atoms with Crippen molar-refractivity contribution in [2.24, 2.45) is 7.05 Å². The Morgan fingerprint density at radius 3 is 2.57 bits per heavy atom. The van der Waals surface area contributed by atoms with E-state index < -0.39 is 0 Å². The largest absolute Gasteiger partial charge is 0.398 e. The zero-order chi connectivity index (χ0) is 16.4.